The number of halogens is 2. The molecule has 4 rings (SSSR count). The van der Waals surface area contributed by atoms with Gasteiger partial charge in [-0.05, 0) is 42.3 Å². The second-order valence-corrected chi connectivity index (χ2v) is 7.92. The Morgan fingerprint density at radius 2 is 1.76 bits per heavy atom. The molecule has 0 radical (unpaired) electrons. The fraction of sp³-hybridized carbons (Fsp3) is 0.190. The third kappa shape index (κ3) is 4.36. The highest BCUT2D eigenvalue weighted by molar-refractivity contribution is 7.98. The number of aryl methyl sites for hydroxylation is 1. The summed E-state index contributed by atoms with van der Waals surface area (Å²) >= 11 is 7.42. The first-order valence-electron chi connectivity index (χ1n) is 9.13. The molecule has 29 heavy (non-hydrogen) atoms. The van der Waals surface area contributed by atoms with Gasteiger partial charge < -0.3 is 0 Å². The van der Waals surface area contributed by atoms with Gasteiger partial charge in [0, 0.05) is 17.3 Å². The summed E-state index contributed by atoms with van der Waals surface area (Å²) < 4.78 is 16.5. The maximum Gasteiger partial charge on any atom is 0.282 e. The van der Waals surface area contributed by atoms with E-state index in [4.69, 9.17) is 16.6 Å². The number of hydrogen-bond donors (Lipinski definition) is 0. The lowest BCUT2D eigenvalue weighted by molar-refractivity contribution is 0.627. The molecule has 2 aromatic carbocycles. The molecule has 0 spiro atoms. The summed E-state index contributed by atoms with van der Waals surface area (Å²) in [7, 11) is 0. The molecule has 0 bridgehead atoms. The van der Waals surface area contributed by atoms with Crippen molar-refractivity contribution in [3.63, 3.8) is 0 Å². The molecule has 2 heterocycles. The van der Waals surface area contributed by atoms with E-state index in [1.165, 1.54) is 23.9 Å². The Labute approximate surface area is 176 Å². The Balaban J connectivity index is 1.73. The number of thioether (sulfide) groups is 1. The van der Waals surface area contributed by atoms with Crippen LogP contribution in [0.2, 0.25) is 5.02 Å². The minimum absolute atomic E-state index is 0.182. The van der Waals surface area contributed by atoms with Crippen LogP contribution in [-0.4, -0.2) is 19.3 Å². The highest BCUT2D eigenvalue weighted by atomic mass is 35.5. The van der Waals surface area contributed by atoms with Crippen molar-refractivity contribution < 1.29 is 4.39 Å². The van der Waals surface area contributed by atoms with Gasteiger partial charge in [-0.25, -0.2) is 9.37 Å². The second kappa shape index (κ2) is 8.39. The summed E-state index contributed by atoms with van der Waals surface area (Å²) in [6.07, 6.45) is 1.78. The van der Waals surface area contributed by atoms with Gasteiger partial charge in [0.15, 0.2) is 10.7 Å². The number of aromatic nitrogens is 4. The predicted molar refractivity (Wildman–Crippen MR) is 114 cm³/mol. The van der Waals surface area contributed by atoms with Gasteiger partial charge in [0.05, 0.1) is 12.7 Å². The lowest BCUT2D eigenvalue weighted by atomic mass is 10.2. The molecule has 2 aromatic heterocycles. The Morgan fingerprint density at radius 3 is 2.45 bits per heavy atom. The van der Waals surface area contributed by atoms with Crippen molar-refractivity contribution in [2.75, 3.05) is 0 Å². The van der Waals surface area contributed by atoms with E-state index in [1.54, 1.807) is 39.7 Å². The van der Waals surface area contributed by atoms with Crippen LogP contribution < -0.4 is 5.56 Å². The second-order valence-electron chi connectivity index (χ2n) is 6.55. The summed E-state index contributed by atoms with van der Waals surface area (Å²) in [5.41, 5.74) is 2.64. The molecule has 5 nitrogen and oxygen atoms in total. The first-order valence-corrected chi connectivity index (χ1v) is 10.5. The number of benzene rings is 2. The van der Waals surface area contributed by atoms with E-state index in [0.29, 0.717) is 40.1 Å². The van der Waals surface area contributed by atoms with E-state index in [-0.39, 0.29) is 11.4 Å². The molecule has 0 saturated heterocycles. The van der Waals surface area contributed by atoms with Crippen molar-refractivity contribution in [1.29, 1.82) is 0 Å². The van der Waals surface area contributed by atoms with E-state index in [9.17, 15) is 9.18 Å². The fourth-order valence-electron chi connectivity index (χ4n) is 2.94. The van der Waals surface area contributed by atoms with Gasteiger partial charge in [-0.3, -0.25) is 14.0 Å². The normalized spacial score (nSPS) is 11.3. The van der Waals surface area contributed by atoms with E-state index < -0.39 is 0 Å². The highest BCUT2D eigenvalue weighted by Crippen LogP contribution is 2.23. The minimum Gasteiger partial charge on any atom is -0.281 e. The van der Waals surface area contributed by atoms with Crippen LogP contribution in [0, 0.1) is 5.82 Å². The molecule has 0 aliphatic heterocycles. The van der Waals surface area contributed by atoms with Crippen LogP contribution in [0.4, 0.5) is 4.39 Å². The van der Waals surface area contributed by atoms with Crippen LogP contribution in [0.15, 0.2) is 64.7 Å². The van der Waals surface area contributed by atoms with Crippen molar-refractivity contribution in [1.82, 2.24) is 19.3 Å². The molecule has 148 valence electrons. The number of rotatable bonds is 6. The van der Waals surface area contributed by atoms with Crippen molar-refractivity contribution in [2.45, 2.75) is 30.9 Å². The largest absolute Gasteiger partial charge is 0.282 e. The smallest absolute Gasteiger partial charge is 0.281 e. The Kier molecular flexibility index (Phi) is 5.69. The topological polar surface area (TPSA) is 52.7 Å². The van der Waals surface area contributed by atoms with Crippen LogP contribution in [0.5, 0.6) is 0 Å². The van der Waals surface area contributed by atoms with Crippen molar-refractivity contribution in [3.8, 4) is 0 Å². The lowest BCUT2D eigenvalue weighted by Gasteiger charge is -2.12. The zero-order chi connectivity index (χ0) is 20.4. The van der Waals surface area contributed by atoms with Gasteiger partial charge in [0.2, 0.25) is 0 Å². The molecule has 0 unspecified atom stereocenters. The van der Waals surface area contributed by atoms with Crippen LogP contribution in [0.3, 0.4) is 0 Å². The molecule has 0 aliphatic rings. The predicted octanol–water partition coefficient (Wildman–Crippen LogP) is 4.75. The fourth-order valence-corrected chi connectivity index (χ4v) is 4.02. The summed E-state index contributed by atoms with van der Waals surface area (Å²) in [6.45, 7) is 2.98. The SMILES string of the molecule is CCn1cc2nc(SCc3ccc(F)cc3)n(Cc3ccc(Cl)cc3)c(=O)c2n1. The Hall–Kier alpha value is -2.64. The zero-order valence-electron chi connectivity index (χ0n) is 15.7. The highest BCUT2D eigenvalue weighted by Gasteiger charge is 2.15. The molecule has 8 heteroatoms. The lowest BCUT2D eigenvalue weighted by Crippen LogP contribution is -2.24. The maximum absolute atomic E-state index is 13.2. The van der Waals surface area contributed by atoms with Crippen LogP contribution >= 0.6 is 23.4 Å². The summed E-state index contributed by atoms with van der Waals surface area (Å²) in [6, 6.07) is 13.7. The van der Waals surface area contributed by atoms with Gasteiger partial charge >= 0.3 is 0 Å². The number of hydrogen-bond acceptors (Lipinski definition) is 4. The van der Waals surface area contributed by atoms with E-state index in [2.05, 4.69) is 5.10 Å². The minimum atomic E-state index is -0.273. The summed E-state index contributed by atoms with van der Waals surface area (Å²) in [5.74, 6) is 0.297. The molecular weight excluding hydrogens is 411 g/mol. The molecular formula is C21H18ClFN4OS. The standard InChI is InChI=1S/C21H18ClFN4OS/c1-2-26-12-18-19(25-26)20(28)27(11-14-3-7-16(22)8-4-14)21(24-18)29-13-15-5-9-17(23)10-6-15/h3-10,12H,2,11,13H2,1H3. The van der Waals surface area contributed by atoms with Crippen LogP contribution in [-0.2, 0) is 18.8 Å². The number of fused-ring (bicyclic) bond motifs is 1. The van der Waals surface area contributed by atoms with Crippen molar-refractivity contribution >= 4 is 34.4 Å². The Bertz CT molecular complexity index is 1200. The van der Waals surface area contributed by atoms with Gasteiger partial charge in [0.25, 0.3) is 5.56 Å². The molecule has 0 fully saturated rings. The van der Waals surface area contributed by atoms with Gasteiger partial charge in [-0.15, -0.1) is 0 Å². The van der Waals surface area contributed by atoms with Crippen LogP contribution in [0.1, 0.15) is 18.1 Å². The van der Waals surface area contributed by atoms with E-state index in [1.807, 2.05) is 19.1 Å². The van der Waals surface area contributed by atoms with Gasteiger partial charge in [-0.2, -0.15) is 5.10 Å². The average Bonchev–Trinajstić information content (AvgIpc) is 3.15. The summed E-state index contributed by atoms with van der Waals surface area (Å²) in [4.78, 5) is 17.9. The first-order chi connectivity index (χ1) is 14.0. The molecule has 4 aromatic rings. The first kappa shape index (κ1) is 19.7. The van der Waals surface area contributed by atoms with Crippen molar-refractivity contribution in [2.24, 2.45) is 0 Å². The quantitative estimate of drug-likeness (QED) is 0.328. The van der Waals surface area contributed by atoms with Crippen molar-refractivity contribution in [3.05, 3.63) is 87.0 Å². The molecule has 0 atom stereocenters. The summed E-state index contributed by atoms with van der Waals surface area (Å²) in [5, 5.41) is 5.60. The third-order valence-electron chi connectivity index (χ3n) is 4.50. The van der Waals surface area contributed by atoms with Crippen LogP contribution in [0.25, 0.3) is 11.0 Å². The average molecular weight is 429 g/mol. The maximum atomic E-state index is 13.2. The Morgan fingerprint density at radius 1 is 1.07 bits per heavy atom. The zero-order valence-corrected chi connectivity index (χ0v) is 17.3. The van der Waals surface area contributed by atoms with E-state index >= 15 is 0 Å². The molecule has 0 aliphatic carbocycles. The molecule has 0 amide bonds. The number of nitrogens with zero attached hydrogens (tertiary/aromatic N) is 4. The van der Waals surface area contributed by atoms with Gasteiger partial charge in [0.1, 0.15) is 11.3 Å². The molecule has 0 saturated carbocycles. The van der Waals surface area contributed by atoms with Gasteiger partial charge in [-0.1, -0.05) is 47.6 Å². The third-order valence-corrected chi connectivity index (χ3v) is 5.80. The molecule has 0 N–H and O–H groups in total. The van der Waals surface area contributed by atoms with E-state index in [0.717, 1.165) is 11.1 Å². The monoisotopic (exact) mass is 428 g/mol.